The van der Waals surface area contributed by atoms with Gasteiger partial charge in [-0.1, -0.05) is 30.3 Å². The highest BCUT2D eigenvalue weighted by molar-refractivity contribution is 5.94. The number of hydrogen-bond donors (Lipinski definition) is 1. The third-order valence-electron chi connectivity index (χ3n) is 5.81. The van der Waals surface area contributed by atoms with Gasteiger partial charge in [-0.05, 0) is 48.0 Å². The summed E-state index contributed by atoms with van der Waals surface area (Å²) in [4.78, 5) is 15.4. The van der Waals surface area contributed by atoms with E-state index in [1.54, 1.807) is 26.4 Å². The maximum absolute atomic E-state index is 13.0. The maximum atomic E-state index is 13.0. The fourth-order valence-corrected chi connectivity index (χ4v) is 4.02. The van der Waals surface area contributed by atoms with E-state index in [4.69, 9.17) is 18.9 Å². The summed E-state index contributed by atoms with van der Waals surface area (Å²) in [6.07, 6.45) is 0. The lowest BCUT2D eigenvalue weighted by atomic mass is 10.0. The number of carbonyl (C=O) groups is 1. The van der Waals surface area contributed by atoms with E-state index >= 15 is 0 Å². The predicted molar refractivity (Wildman–Crippen MR) is 130 cm³/mol. The van der Waals surface area contributed by atoms with E-state index in [1.807, 2.05) is 60.7 Å². The van der Waals surface area contributed by atoms with E-state index in [-0.39, 0.29) is 11.9 Å². The Balaban J connectivity index is 1.49. The molecule has 1 heterocycles. The Morgan fingerprint density at radius 3 is 2.38 bits per heavy atom. The number of carbonyl (C=O) groups excluding carboxylic acids is 1. The van der Waals surface area contributed by atoms with Gasteiger partial charge in [-0.15, -0.1) is 0 Å². The summed E-state index contributed by atoms with van der Waals surface area (Å²) in [5, 5.41) is 3.10. The SMILES string of the molecule is COc1ccc([C@H](CNC(=O)c2cccc(Oc3ccccc3)c2)N2CCOCC2)cc1OC. The molecule has 34 heavy (non-hydrogen) atoms. The zero-order chi connectivity index (χ0) is 23.8. The van der Waals surface area contributed by atoms with Crippen molar-refractivity contribution in [3.05, 3.63) is 83.9 Å². The number of benzene rings is 3. The van der Waals surface area contributed by atoms with Crippen molar-refractivity contribution < 1.29 is 23.7 Å². The van der Waals surface area contributed by atoms with Crippen LogP contribution in [0.15, 0.2) is 72.8 Å². The van der Waals surface area contributed by atoms with Crippen molar-refractivity contribution >= 4 is 5.91 Å². The monoisotopic (exact) mass is 462 g/mol. The Morgan fingerprint density at radius 2 is 1.65 bits per heavy atom. The van der Waals surface area contributed by atoms with Gasteiger partial charge in [0.2, 0.25) is 0 Å². The molecule has 0 spiro atoms. The molecule has 4 rings (SSSR count). The lowest BCUT2D eigenvalue weighted by molar-refractivity contribution is 0.0162. The van der Waals surface area contributed by atoms with Gasteiger partial charge in [0.1, 0.15) is 11.5 Å². The molecule has 178 valence electrons. The van der Waals surface area contributed by atoms with Crippen LogP contribution in [0.3, 0.4) is 0 Å². The van der Waals surface area contributed by atoms with Gasteiger partial charge in [-0.3, -0.25) is 9.69 Å². The Bertz CT molecular complexity index is 1080. The first-order chi connectivity index (χ1) is 16.7. The molecule has 3 aromatic carbocycles. The number of methoxy groups -OCH3 is 2. The first kappa shape index (κ1) is 23.6. The molecule has 7 heteroatoms. The zero-order valence-corrected chi connectivity index (χ0v) is 19.5. The lowest BCUT2D eigenvalue weighted by Gasteiger charge is -2.35. The number of nitrogens with one attached hydrogen (secondary N) is 1. The summed E-state index contributed by atoms with van der Waals surface area (Å²) >= 11 is 0. The van der Waals surface area contributed by atoms with Crippen molar-refractivity contribution in [2.45, 2.75) is 6.04 Å². The third kappa shape index (κ3) is 5.87. The van der Waals surface area contributed by atoms with Crippen LogP contribution >= 0.6 is 0 Å². The number of hydrogen-bond acceptors (Lipinski definition) is 6. The molecule has 0 bridgehead atoms. The molecule has 1 amide bonds. The summed E-state index contributed by atoms with van der Waals surface area (Å²) in [7, 11) is 3.24. The van der Waals surface area contributed by atoms with E-state index < -0.39 is 0 Å². The quantitative estimate of drug-likeness (QED) is 0.511. The molecule has 1 aliphatic rings. The largest absolute Gasteiger partial charge is 0.493 e. The van der Waals surface area contributed by atoms with Crippen LogP contribution in [0, 0.1) is 0 Å². The Hall–Kier alpha value is -3.55. The topological polar surface area (TPSA) is 69.3 Å². The van der Waals surface area contributed by atoms with Crippen molar-refractivity contribution in [3.8, 4) is 23.0 Å². The van der Waals surface area contributed by atoms with Gasteiger partial charge < -0.3 is 24.3 Å². The van der Waals surface area contributed by atoms with E-state index in [9.17, 15) is 4.79 Å². The van der Waals surface area contributed by atoms with Crippen molar-refractivity contribution in [3.63, 3.8) is 0 Å². The lowest BCUT2D eigenvalue weighted by Crippen LogP contribution is -2.43. The average molecular weight is 463 g/mol. The molecule has 7 nitrogen and oxygen atoms in total. The van der Waals surface area contributed by atoms with Crippen molar-refractivity contribution in [1.82, 2.24) is 10.2 Å². The highest BCUT2D eigenvalue weighted by Crippen LogP contribution is 2.32. The van der Waals surface area contributed by atoms with Gasteiger partial charge in [0.15, 0.2) is 11.5 Å². The van der Waals surface area contributed by atoms with Crippen LogP contribution in [-0.2, 0) is 4.74 Å². The number of ether oxygens (including phenoxy) is 4. The van der Waals surface area contributed by atoms with Crippen LogP contribution in [0.1, 0.15) is 22.0 Å². The minimum absolute atomic E-state index is 0.0311. The highest BCUT2D eigenvalue weighted by atomic mass is 16.5. The van der Waals surface area contributed by atoms with Crippen LogP contribution < -0.4 is 19.5 Å². The zero-order valence-electron chi connectivity index (χ0n) is 19.5. The molecule has 1 N–H and O–H groups in total. The van der Waals surface area contributed by atoms with Crippen molar-refractivity contribution in [2.24, 2.45) is 0 Å². The molecule has 0 radical (unpaired) electrons. The van der Waals surface area contributed by atoms with Crippen LogP contribution in [0.5, 0.6) is 23.0 Å². The summed E-state index contributed by atoms with van der Waals surface area (Å²) in [6, 6.07) is 22.6. The molecular weight excluding hydrogens is 432 g/mol. The van der Waals surface area contributed by atoms with Gasteiger partial charge in [0, 0.05) is 25.2 Å². The van der Waals surface area contributed by atoms with Crippen LogP contribution in [0.2, 0.25) is 0 Å². The van der Waals surface area contributed by atoms with Crippen LogP contribution in [0.4, 0.5) is 0 Å². The number of morpholine rings is 1. The van der Waals surface area contributed by atoms with Crippen molar-refractivity contribution in [1.29, 1.82) is 0 Å². The molecule has 0 aromatic heterocycles. The van der Waals surface area contributed by atoms with Gasteiger partial charge in [-0.2, -0.15) is 0 Å². The molecule has 0 saturated carbocycles. The Kier molecular flexibility index (Phi) is 8.01. The third-order valence-corrected chi connectivity index (χ3v) is 5.81. The van der Waals surface area contributed by atoms with Crippen LogP contribution in [-0.4, -0.2) is 57.9 Å². The van der Waals surface area contributed by atoms with Gasteiger partial charge in [0.05, 0.1) is 33.5 Å². The normalized spacial score (nSPS) is 14.8. The number of rotatable bonds is 9. The van der Waals surface area contributed by atoms with E-state index in [1.165, 1.54) is 0 Å². The molecule has 1 saturated heterocycles. The van der Waals surface area contributed by atoms with Gasteiger partial charge in [-0.25, -0.2) is 0 Å². The standard InChI is InChI=1S/C27H30N2O5/c1-31-25-12-11-20(18-26(25)32-2)24(29-13-15-33-16-14-29)19-28-27(30)21-7-6-10-23(17-21)34-22-8-4-3-5-9-22/h3-12,17-18,24H,13-16,19H2,1-2H3,(H,28,30)/t24-/m0/s1. The Morgan fingerprint density at radius 1 is 0.912 bits per heavy atom. The minimum Gasteiger partial charge on any atom is -0.493 e. The van der Waals surface area contributed by atoms with Gasteiger partial charge >= 0.3 is 0 Å². The molecule has 1 aliphatic heterocycles. The average Bonchev–Trinajstić information content (AvgIpc) is 2.90. The molecule has 1 fully saturated rings. The molecule has 3 aromatic rings. The molecular formula is C27H30N2O5. The number of amides is 1. The van der Waals surface area contributed by atoms with Gasteiger partial charge in [0.25, 0.3) is 5.91 Å². The van der Waals surface area contributed by atoms with Crippen molar-refractivity contribution in [2.75, 3.05) is 47.1 Å². The molecule has 0 unspecified atom stereocenters. The first-order valence-electron chi connectivity index (χ1n) is 11.3. The second-order valence-corrected chi connectivity index (χ2v) is 7.93. The second-order valence-electron chi connectivity index (χ2n) is 7.93. The summed E-state index contributed by atoms with van der Waals surface area (Å²) < 4.78 is 22.3. The fourth-order valence-electron chi connectivity index (χ4n) is 4.02. The van der Waals surface area contributed by atoms with E-state index in [0.29, 0.717) is 42.6 Å². The fraction of sp³-hybridized carbons (Fsp3) is 0.296. The number of para-hydroxylation sites is 1. The molecule has 1 atom stereocenters. The summed E-state index contributed by atoms with van der Waals surface area (Å²) in [5.41, 5.74) is 1.59. The summed E-state index contributed by atoms with van der Waals surface area (Å²) in [6.45, 7) is 3.34. The van der Waals surface area contributed by atoms with Crippen LogP contribution in [0.25, 0.3) is 0 Å². The first-order valence-corrected chi connectivity index (χ1v) is 11.3. The van der Waals surface area contributed by atoms with E-state index in [2.05, 4.69) is 10.2 Å². The van der Waals surface area contributed by atoms with E-state index in [0.717, 1.165) is 24.4 Å². The maximum Gasteiger partial charge on any atom is 0.251 e. The smallest absolute Gasteiger partial charge is 0.251 e. The predicted octanol–water partition coefficient (Wildman–Crippen LogP) is 4.30. The highest BCUT2D eigenvalue weighted by Gasteiger charge is 2.24. The number of nitrogens with zero attached hydrogens (tertiary/aromatic N) is 1. The molecule has 0 aliphatic carbocycles. The summed E-state index contributed by atoms with van der Waals surface area (Å²) in [5.74, 6) is 2.52. The Labute approximate surface area is 200 Å². The second kappa shape index (κ2) is 11.5. The minimum atomic E-state index is -0.155.